The summed E-state index contributed by atoms with van der Waals surface area (Å²) in [5.41, 5.74) is 1.67. The van der Waals surface area contributed by atoms with Gasteiger partial charge >= 0.3 is 0 Å². The second-order valence-corrected chi connectivity index (χ2v) is 6.89. The Bertz CT molecular complexity index is 1130. The van der Waals surface area contributed by atoms with Crippen molar-refractivity contribution in [3.05, 3.63) is 63.9 Å². The molecule has 0 saturated carbocycles. The third-order valence-corrected chi connectivity index (χ3v) is 5.02. The highest BCUT2D eigenvalue weighted by atomic mass is 35.5. The molecule has 130 valence electrons. The first kappa shape index (κ1) is 16.7. The molecule has 1 amide bonds. The molecule has 0 unspecified atom stereocenters. The summed E-state index contributed by atoms with van der Waals surface area (Å²) in [6.45, 7) is 1.72. The van der Waals surface area contributed by atoms with Crippen LogP contribution < -0.4 is 5.32 Å². The van der Waals surface area contributed by atoms with Crippen molar-refractivity contribution >= 4 is 45.6 Å². The number of nitrogens with one attached hydrogen (secondary N) is 1. The van der Waals surface area contributed by atoms with Gasteiger partial charge < -0.3 is 9.84 Å². The number of fused-ring (bicyclic) bond motifs is 1. The van der Waals surface area contributed by atoms with Crippen LogP contribution in [-0.4, -0.2) is 16.0 Å². The Morgan fingerprint density at radius 1 is 1.31 bits per heavy atom. The number of halogens is 2. The van der Waals surface area contributed by atoms with Gasteiger partial charge in [-0.05, 0) is 36.6 Å². The van der Waals surface area contributed by atoms with Gasteiger partial charge in [0.1, 0.15) is 0 Å². The van der Waals surface area contributed by atoms with Gasteiger partial charge in [0, 0.05) is 0 Å². The van der Waals surface area contributed by atoms with Gasteiger partial charge in [0.25, 0.3) is 11.6 Å². The van der Waals surface area contributed by atoms with E-state index in [-0.39, 0.29) is 16.4 Å². The summed E-state index contributed by atoms with van der Waals surface area (Å²) < 4.78 is 19.4. The van der Waals surface area contributed by atoms with Crippen LogP contribution in [0.3, 0.4) is 0 Å². The monoisotopic (exact) mass is 387 g/mol. The Morgan fingerprint density at radius 3 is 2.92 bits per heavy atom. The van der Waals surface area contributed by atoms with Gasteiger partial charge in [0.15, 0.2) is 5.82 Å². The minimum Gasteiger partial charge on any atom is -0.335 e. The zero-order chi connectivity index (χ0) is 18.3. The van der Waals surface area contributed by atoms with E-state index in [0.29, 0.717) is 22.3 Å². The normalized spacial score (nSPS) is 11.0. The number of thiophene rings is 1. The third kappa shape index (κ3) is 2.85. The summed E-state index contributed by atoms with van der Waals surface area (Å²) in [6.07, 6.45) is 0. The van der Waals surface area contributed by atoms with Crippen LogP contribution in [0.15, 0.2) is 46.3 Å². The molecule has 8 heteroatoms. The molecule has 0 atom stereocenters. The lowest BCUT2D eigenvalue weighted by Gasteiger charge is -2.09. The topological polar surface area (TPSA) is 68.0 Å². The summed E-state index contributed by atoms with van der Waals surface area (Å²) in [6, 6.07) is 9.84. The number of benzene rings is 1. The number of carbonyl (C=O) groups excluding carboxylic acids is 1. The highest BCUT2D eigenvalue weighted by Crippen LogP contribution is 2.30. The van der Waals surface area contributed by atoms with E-state index in [2.05, 4.69) is 15.5 Å². The number of pyridine rings is 1. The number of rotatable bonds is 3. The SMILES string of the molecule is Cc1noc2nc(-c3cccs3)cc(C(=O)Nc3cccc(Cl)c3F)c12. The molecule has 0 bridgehead atoms. The summed E-state index contributed by atoms with van der Waals surface area (Å²) in [5, 5.41) is 8.78. The van der Waals surface area contributed by atoms with Gasteiger partial charge in [0.05, 0.1) is 37.9 Å². The Kier molecular flexibility index (Phi) is 4.18. The van der Waals surface area contributed by atoms with Crippen molar-refractivity contribution in [1.29, 1.82) is 0 Å². The molecule has 3 heterocycles. The number of carbonyl (C=O) groups is 1. The standard InChI is InChI=1S/C18H11ClFN3O2S/c1-9-15-10(17(24)21-12-5-2-4-11(19)16(12)20)8-13(14-6-3-7-26-14)22-18(15)25-23-9/h2-8H,1H3,(H,21,24). The molecule has 0 aliphatic carbocycles. The van der Waals surface area contributed by atoms with Crippen molar-refractivity contribution in [2.24, 2.45) is 0 Å². The Balaban J connectivity index is 1.83. The molecular formula is C18H11ClFN3O2S. The maximum Gasteiger partial charge on any atom is 0.259 e. The lowest BCUT2D eigenvalue weighted by molar-refractivity contribution is 0.102. The van der Waals surface area contributed by atoms with Crippen LogP contribution in [0.5, 0.6) is 0 Å². The number of aryl methyl sites for hydroxylation is 1. The Morgan fingerprint density at radius 2 is 2.15 bits per heavy atom. The number of hydrogen-bond acceptors (Lipinski definition) is 5. The minimum absolute atomic E-state index is 0.000701. The van der Waals surface area contributed by atoms with E-state index in [4.69, 9.17) is 16.1 Å². The van der Waals surface area contributed by atoms with Crippen LogP contribution in [-0.2, 0) is 0 Å². The van der Waals surface area contributed by atoms with E-state index in [1.54, 1.807) is 19.1 Å². The average Bonchev–Trinajstić information content (AvgIpc) is 3.28. The number of nitrogens with zero attached hydrogens (tertiary/aromatic N) is 2. The van der Waals surface area contributed by atoms with Crippen LogP contribution in [0.1, 0.15) is 16.1 Å². The molecule has 1 aromatic carbocycles. The molecule has 4 rings (SSSR count). The van der Waals surface area contributed by atoms with Crippen LogP contribution >= 0.6 is 22.9 Å². The van der Waals surface area contributed by atoms with E-state index in [1.165, 1.54) is 23.5 Å². The quantitative estimate of drug-likeness (QED) is 0.517. The van der Waals surface area contributed by atoms with Crippen LogP contribution in [0, 0.1) is 12.7 Å². The maximum absolute atomic E-state index is 14.1. The first-order chi connectivity index (χ1) is 12.5. The molecular weight excluding hydrogens is 377 g/mol. The molecule has 0 aliphatic heterocycles. The lowest BCUT2D eigenvalue weighted by Crippen LogP contribution is -2.14. The van der Waals surface area contributed by atoms with E-state index in [0.717, 1.165) is 4.88 Å². The van der Waals surface area contributed by atoms with E-state index in [1.807, 2.05) is 17.5 Å². The summed E-state index contributed by atoms with van der Waals surface area (Å²) in [5.74, 6) is -1.18. The van der Waals surface area contributed by atoms with E-state index >= 15 is 0 Å². The van der Waals surface area contributed by atoms with Crippen LogP contribution in [0.2, 0.25) is 5.02 Å². The Labute approximate surface area is 156 Å². The van der Waals surface area contributed by atoms with Crippen LogP contribution in [0.25, 0.3) is 21.7 Å². The molecule has 0 fully saturated rings. The van der Waals surface area contributed by atoms with Gasteiger partial charge in [-0.15, -0.1) is 11.3 Å². The molecule has 0 radical (unpaired) electrons. The number of amides is 1. The van der Waals surface area contributed by atoms with Gasteiger partial charge in [-0.3, -0.25) is 4.79 Å². The molecule has 4 aromatic rings. The van der Waals surface area contributed by atoms with E-state index in [9.17, 15) is 9.18 Å². The molecule has 0 aliphatic rings. The average molecular weight is 388 g/mol. The zero-order valence-electron chi connectivity index (χ0n) is 13.4. The first-order valence-corrected chi connectivity index (χ1v) is 8.86. The number of anilines is 1. The molecule has 5 nitrogen and oxygen atoms in total. The Hall–Kier alpha value is -2.77. The zero-order valence-corrected chi connectivity index (χ0v) is 15.0. The summed E-state index contributed by atoms with van der Waals surface area (Å²) >= 11 is 7.27. The summed E-state index contributed by atoms with van der Waals surface area (Å²) in [7, 11) is 0. The smallest absolute Gasteiger partial charge is 0.259 e. The van der Waals surface area contributed by atoms with Crippen molar-refractivity contribution in [1.82, 2.24) is 10.1 Å². The molecule has 1 N–H and O–H groups in total. The van der Waals surface area contributed by atoms with Gasteiger partial charge in [-0.25, -0.2) is 9.37 Å². The maximum atomic E-state index is 14.1. The minimum atomic E-state index is -0.687. The first-order valence-electron chi connectivity index (χ1n) is 7.61. The highest BCUT2D eigenvalue weighted by molar-refractivity contribution is 7.13. The predicted octanol–water partition coefficient (Wildman–Crippen LogP) is 5.30. The molecule has 0 saturated heterocycles. The largest absolute Gasteiger partial charge is 0.335 e. The summed E-state index contributed by atoms with van der Waals surface area (Å²) in [4.78, 5) is 18.2. The van der Waals surface area contributed by atoms with Crippen molar-refractivity contribution < 1.29 is 13.7 Å². The molecule has 26 heavy (non-hydrogen) atoms. The van der Waals surface area contributed by atoms with E-state index < -0.39 is 11.7 Å². The molecule has 0 spiro atoms. The predicted molar refractivity (Wildman–Crippen MR) is 99.2 cm³/mol. The van der Waals surface area contributed by atoms with Crippen molar-refractivity contribution in [2.45, 2.75) is 6.92 Å². The molecule has 3 aromatic heterocycles. The fourth-order valence-electron chi connectivity index (χ4n) is 2.61. The van der Waals surface area contributed by atoms with Gasteiger partial charge in [-0.2, -0.15) is 0 Å². The number of hydrogen-bond donors (Lipinski definition) is 1. The fourth-order valence-corrected chi connectivity index (χ4v) is 3.48. The van der Waals surface area contributed by atoms with Gasteiger partial charge in [-0.1, -0.05) is 28.9 Å². The number of aromatic nitrogens is 2. The third-order valence-electron chi connectivity index (χ3n) is 3.84. The lowest BCUT2D eigenvalue weighted by atomic mass is 10.1. The van der Waals surface area contributed by atoms with Gasteiger partial charge in [0.2, 0.25) is 0 Å². The van der Waals surface area contributed by atoms with Crippen molar-refractivity contribution in [2.75, 3.05) is 5.32 Å². The second-order valence-electron chi connectivity index (χ2n) is 5.54. The van der Waals surface area contributed by atoms with Crippen molar-refractivity contribution in [3.8, 4) is 10.6 Å². The second kappa shape index (κ2) is 6.51. The van der Waals surface area contributed by atoms with Crippen LogP contribution in [0.4, 0.5) is 10.1 Å². The highest BCUT2D eigenvalue weighted by Gasteiger charge is 2.21. The fraction of sp³-hybridized carbons (Fsp3) is 0.0556. The van der Waals surface area contributed by atoms with Crippen molar-refractivity contribution in [3.63, 3.8) is 0 Å².